The molecule has 4 aliphatic rings. The summed E-state index contributed by atoms with van der Waals surface area (Å²) in [5, 5.41) is 22.0. The number of nitrogens with one attached hydrogen (secondary N) is 2. The van der Waals surface area contributed by atoms with Gasteiger partial charge in [-0.05, 0) is 11.6 Å². The van der Waals surface area contributed by atoms with E-state index in [1.54, 1.807) is 11.4 Å². The number of carbonyl (C=O) groups excluding carboxylic acids is 2. The first-order chi connectivity index (χ1) is 23.7. The van der Waals surface area contributed by atoms with Gasteiger partial charge in [0.25, 0.3) is 11.8 Å². The summed E-state index contributed by atoms with van der Waals surface area (Å²) in [5.74, 6) is -2.16. The van der Waals surface area contributed by atoms with E-state index in [1.165, 1.54) is 34.5 Å². The molecule has 256 valence electrons. The third-order valence-electron chi connectivity index (χ3n) is 8.66. The van der Waals surface area contributed by atoms with Crippen molar-refractivity contribution in [2.75, 3.05) is 54.9 Å². The highest BCUT2D eigenvalue weighted by molar-refractivity contribution is 8.01. The van der Waals surface area contributed by atoms with Gasteiger partial charge in [0, 0.05) is 72.9 Å². The zero-order chi connectivity index (χ0) is 34.2. The Bertz CT molecular complexity index is 1910. The molecule has 1 aliphatic carbocycles. The van der Waals surface area contributed by atoms with Crippen LogP contribution in [0.1, 0.15) is 24.6 Å². The molecule has 5 N–H and O–H groups in total. The highest BCUT2D eigenvalue weighted by Gasteiger charge is 2.54. The van der Waals surface area contributed by atoms with Gasteiger partial charge in [-0.15, -0.1) is 34.9 Å². The van der Waals surface area contributed by atoms with Crippen LogP contribution in [0.5, 0.6) is 0 Å². The third-order valence-corrected chi connectivity index (χ3v) is 11.8. The van der Waals surface area contributed by atoms with Crippen LogP contribution in [0.3, 0.4) is 0 Å². The number of amides is 2. The molecule has 13 nitrogen and oxygen atoms in total. The second-order valence-electron chi connectivity index (χ2n) is 11.9. The Labute approximate surface area is 293 Å². The second-order valence-corrected chi connectivity index (χ2v) is 14.9. The number of anilines is 2. The topological polar surface area (TPSA) is 166 Å². The molecule has 2 aromatic heterocycles. The summed E-state index contributed by atoms with van der Waals surface area (Å²) in [5.41, 5.74) is 7.78. The van der Waals surface area contributed by atoms with Crippen molar-refractivity contribution in [2.45, 2.75) is 35.2 Å². The minimum absolute atomic E-state index is 0.0460. The third kappa shape index (κ3) is 6.59. The first-order valence-corrected chi connectivity index (χ1v) is 18.7. The predicted molar refractivity (Wildman–Crippen MR) is 187 cm³/mol. The van der Waals surface area contributed by atoms with E-state index in [0.29, 0.717) is 23.1 Å². The van der Waals surface area contributed by atoms with Crippen molar-refractivity contribution < 1.29 is 33.3 Å². The number of rotatable bonds is 12. The first-order valence-electron chi connectivity index (χ1n) is 15.7. The van der Waals surface area contributed by atoms with Gasteiger partial charge in [0.15, 0.2) is 23.1 Å². The Morgan fingerprint density at radius 1 is 1.33 bits per heavy atom. The highest BCUT2D eigenvalue weighted by Crippen LogP contribution is 2.43. The molecular weight excluding hydrogens is 692 g/mol. The summed E-state index contributed by atoms with van der Waals surface area (Å²) in [6.07, 6.45) is 5.64. The number of aliphatic carboxylic acids is 1. The quantitative estimate of drug-likeness (QED) is 0.0412. The lowest BCUT2D eigenvalue weighted by Gasteiger charge is -2.49. The number of carbonyl (C=O) groups is 3. The Morgan fingerprint density at radius 2 is 2.12 bits per heavy atom. The summed E-state index contributed by atoms with van der Waals surface area (Å²) in [6, 6.07) is 4.90. The zero-order valence-electron chi connectivity index (χ0n) is 26.3. The number of nitrogen functional groups attached to an aromatic ring is 1. The number of fused-ring (bicyclic) bond motifs is 2. The number of pyridine rings is 1. The number of hydrogen-bond acceptors (Lipinski definition) is 12. The fraction of sp³-hybridized carbons (Fsp3) is 0.375. The van der Waals surface area contributed by atoms with E-state index in [2.05, 4.69) is 36.8 Å². The average molecular weight is 726 g/mol. The van der Waals surface area contributed by atoms with Crippen LogP contribution in [0.25, 0.3) is 10.9 Å². The molecule has 0 spiro atoms. The molecule has 3 fully saturated rings. The van der Waals surface area contributed by atoms with Gasteiger partial charge in [0.05, 0.1) is 11.1 Å². The van der Waals surface area contributed by atoms with Gasteiger partial charge in [-0.3, -0.25) is 14.5 Å². The summed E-state index contributed by atoms with van der Waals surface area (Å²) < 4.78 is 17.8. The van der Waals surface area contributed by atoms with Crippen molar-refractivity contribution in [3.8, 4) is 0 Å². The van der Waals surface area contributed by atoms with Gasteiger partial charge in [-0.25, -0.2) is 14.2 Å². The van der Waals surface area contributed by atoms with Gasteiger partial charge in [-0.1, -0.05) is 17.8 Å². The van der Waals surface area contributed by atoms with Crippen LogP contribution in [0.4, 0.5) is 15.2 Å². The molecule has 3 aliphatic heterocycles. The van der Waals surface area contributed by atoms with Crippen molar-refractivity contribution >= 4 is 80.1 Å². The molecule has 2 amide bonds. The number of nitrogens with zero attached hydrogens (tertiary/aromatic N) is 5. The van der Waals surface area contributed by atoms with Gasteiger partial charge in [0.1, 0.15) is 35.2 Å². The van der Waals surface area contributed by atoms with E-state index in [-0.39, 0.29) is 40.4 Å². The fourth-order valence-electron chi connectivity index (χ4n) is 6.15. The lowest BCUT2D eigenvalue weighted by atomic mass is 10.0. The molecule has 2 atom stereocenters. The van der Waals surface area contributed by atoms with Crippen LogP contribution in [-0.4, -0.2) is 94.2 Å². The van der Waals surface area contributed by atoms with Crippen molar-refractivity contribution in [2.24, 2.45) is 5.16 Å². The lowest BCUT2D eigenvalue weighted by Crippen LogP contribution is -2.71. The maximum absolute atomic E-state index is 15.6. The van der Waals surface area contributed by atoms with E-state index in [1.807, 2.05) is 18.3 Å². The van der Waals surface area contributed by atoms with Crippen LogP contribution in [-0.2, 0) is 19.2 Å². The predicted octanol–water partition coefficient (Wildman–Crippen LogP) is 2.49. The van der Waals surface area contributed by atoms with Gasteiger partial charge >= 0.3 is 5.97 Å². The van der Waals surface area contributed by atoms with E-state index >= 15 is 4.39 Å². The number of thioether (sulfide) groups is 2. The largest absolute Gasteiger partial charge is 0.477 e. The Balaban J connectivity index is 1.10. The van der Waals surface area contributed by atoms with Crippen molar-refractivity contribution in [1.29, 1.82) is 0 Å². The maximum atomic E-state index is 15.6. The molecule has 0 radical (unpaired) electrons. The molecule has 49 heavy (non-hydrogen) atoms. The van der Waals surface area contributed by atoms with Crippen LogP contribution < -0.4 is 25.8 Å². The molecule has 1 unspecified atom stereocenters. The minimum Gasteiger partial charge on any atom is -0.477 e. The average Bonchev–Trinajstić information content (AvgIpc) is 3.86. The molecule has 3 aromatic rings. The molecule has 5 heterocycles. The van der Waals surface area contributed by atoms with E-state index in [4.69, 9.17) is 10.6 Å². The second kappa shape index (κ2) is 14.0. The van der Waals surface area contributed by atoms with E-state index in [0.717, 1.165) is 66.2 Å². The first kappa shape index (κ1) is 33.3. The van der Waals surface area contributed by atoms with E-state index in [9.17, 15) is 19.5 Å². The Hall–Kier alpha value is -4.19. The number of benzene rings is 1. The number of nitrogens with two attached hydrogens (primary N) is 1. The highest BCUT2D eigenvalue weighted by atomic mass is 32.2. The van der Waals surface area contributed by atoms with Crippen LogP contribution in [0.2, 0.25) is 0 Å². The van der Waals surface area contributed by atoms with Crippen molar-refractivity contribution in [3.05, 3.63) is 65.2 Å². The number of aromatic nitrogens is 2. The zero-order valence-corrected chi connectivity index (χ0v) is 28.7. The summed E-state index contributed by atoms with van der Waals surface area (Å²) in [7, 11) is 0. The van der Waals surface area contributed by atoms with Gasteiger partial charge < -0.3 is 31.2 Å². The Kier molecular flexibility index (Phi) is 9.50. The fourth-order valence-corrected chi connectivity index (χ4v) is 9.22. The van der Waals surface area contributed by atoms with Crippen molar-refractivity contribution in [3.63, 3.8) is 0 Å². The van der Waals surface area contributed by atoms with Gasteiger partial charge in [-0.2, -0.15) is 4.57 Å². The number of halogens is 1. The molecular formula is C32H34FN8O5S3+. The SMILES string of the molecule is C=CCON=C(C(=O)NC1C(=O)N2C(C(=O)O)=C(CSc3cc[n+](C4CC4)c4cc(N5CCNCC5)c(F)cc34)CS[C@@H]12)c1csc(N)n1. The molecule has 1 saturated carbocycles. The number of piperazine rings is 1. The van der Waals surface area contributed by atoms with E-state index < -0.39 is 29.2 Å². The summed E-state index contributed by atoms with van der Waals surface area (Å²) >= 11 is 3.91. The van der Waals surface area contributed by atoms with Crippen LogP contribution >= 0.6 is 34.9 Å². The number of β-lactam (4-membered cyclic amide) rings is 1. The minimum atomic E-state index is -1.23. The molecule has 2 saturated heterocycles. The monoisotopic (exact) mass is 725 g/mol. The smallest absolute Gasteiger partial charge is 0.352 e. The number of carboxylic acids is 1. The number of oxime groups is 1. The Morgan fingerprint density at radius 3 is 2.82 bits per heavy atom. The van der Waals surface area contributed by atoms with Gasteiger partial charge in [0.2, 0.25) is 5.52 Å². The molecule has 7 rings (SSSR count). The molecule has 17 heteroatoms. The summed E-state index contributed by atoms with van der Waals surface area (Å²) in [4.78, 5) is 52.6. The number of hydrogen-bond donors (Lipinski definition) is 4. The van der Waals surface area contributed by atoms with Crippen LogP contribution in [0.15, 0.2) is 63.8 Å². The summed E-state index contributed by atoms with van der Waals surface area (Å²) in [6.45, 7) is 6.65. The number of carboxylic acid groups (broad SMARTS) is 1. The normalized spacial score (nSPS) is 21.0. The number of thiazole rings is 1. The lowest BCUT2D eigenvalue weighted by molar-refractivity contribution is -0.675. The maximum Gasteiger partial charge on any atom is 0.352 e. The molecule has 1 aromatic carbocycles. The van der Waals surface area contributed by atoms with Crippen LogP contribution in [0, 0.1) is 5.82 Å². The van der Waals surface area contributed by atoms with Crippen molar-refractivity contribution in [1.82, 2.24) is 20.5 Å². The standard InChI is InChI=1S/C32H33FN8O5S3/c1-2-11-46-38-25(21-16-49-32(34)36-21)28(42)37-26-29(43)41-27(31(44)45)17(15-48-30(26)41)14-47-24-5-8-40(18-3-4-18)22-13-23(20(33)12-19(22)24)39-9-6-35-7-10-39/h2,5,8,12-13,16,18,26,30,35H,1,3-4,6-7,9-11,14-15H2,(H3-,34,36,37,42,44,45)/p+1/t26?,30-/m0/s1. The molecule has 0 bridgehead atoms.